The first-order valence-electron chi connectivity index (χ1n) is 10.7. The minimum absolute atomic E-state index is 0.520. The molecular formula is C26H24N6O. The summed E-state index contributed by atoms with van der Waals surface area (Å²) < 4.78 is 7.67. The molecule has 0 radical (unpaired) electrons. The normalized spacial score (nSPS) is 11.0. The first kappa shape index (κ1) is 20.5. The molecule has 0 aliphatic rings. The number of hydrogen-bond acceptors (Lipinski definition) is 6. The molecular weight excluding hydrogens is 412 g/mol. The number of aryl methyl sites for hydroxylation is 1. The number of ether oxygens (including phenoxy) is 1. The van der Waals surface area contributed by atoms with E-state index in [0.717, 1.165) is 22.4 Å². The molecule has 0 unspecified atom stereocenters. The summed E-state index contributed by atoms with van der Waals surface area (Å²) in [5.41, 5.74) is 9.69. The van der Waals surface area contributed by atoms with E-state index in [-0.39, 0.29) is 0 Å². The van der Waals surface area contributed by atoms with E-state index in [1.54, 1.807) is 4.68 Å². The first-order valence-corrected chi connectivity index (χ1v) is 10.7. The van der Waals surface area contributed by atoms with Gasteiger partial charge in [-0.05, 0) is 29.8 Å². The largest absolute Gasteiger partial charge is 0.457 e. The molecule has 0 aliphatic carbocycles. The Balaban J connectivity index is 1.57. The van der Waals surface area contributed by atoms with Crippen LogP contribution in [0.3, 0.4) is 0 Å². The lowest BCUT2D eigenvalue weighted by atomic mass is 10.1. The third-order valence-corrected chi connectivity index (χ3v) is 5.42. The van der Waals surface area contributed by atoms with Gasteiger partial charge in [0.1, 0.15) is 17.3 Å². The average molecular weight is 437 g/mol. The fourth-order valence-corrected chi connectivity index (χ4v) is 3.74. The van der Waals surface area contributed by atoms with Crippen molar-refractivity contribution in [2.75, 3.05) is 17.7 Å². The number of para-hydroxylation sites is 1. The number of nitrogen functional groups attached to an aromatic ring is 1. The van der Waals surface area contributed by atoms with Gasteiger partial charge in [0.2, 0.25) is 5.95 Å². The lowest BCUT2D eigenvalue weighted by molar-refractivity contribution is 0.483. The van der Waals surface area contributed by atoms with Gasteiger partial charge in [0.15, 0.2) is 5.65 Å². The van der Waals surface area contributed by atoms with Gasteiger partial charge in [0.05, 0.1) is 11.1 Å². The highest BCUT2D eigenvalue weighted by Gasteiger charge is 2.19. The highest BCUT2D eigenvalue weighted by molar-refractivity contribution is 5.99. The molecule has 5 aromatic rings. The molecule has 0 fully saturated rings. The van der Waals surface area contributed by atoms with E-state index in [9.17, 15) is 0 Å². The molecule has 3 aromatic carbocycles. The second kappa shape index (κ2) is 8.63. The van der Waals surface area contributed by atoms with Crippen LogP contribution < -0.4 is 15.4 Å². The van der Waals surface area contributed by atoms with Crippen LogP contribution in [-0.4, -0.2) is 26.8 Å². The van der Waals surface area contributed by atoms with Gasteiger partial charge in [-0.25, -0.2) is 4.98 Å². The number of hydrogen-bond donors (Lipinski definition) is 1. The molecule has 7 heteroatoms. The van der Waals surface area contributed by atoms with Crippen LogP contribution in [0.1, 0.15) is 5.56 Å². The molecule has 0 aliphatic heterocycles. The molecule has 33 heavy (non-hydrogen) atoms. The SMILES string of the molecule is CN(Cc1ccccc1)c1nc(-c2cccc(Oc3ccccc3)c2)c2c(N)n(C)nc2n1. The Labute approximate surface area is 192 Å². The maximum Gasteiger partial charge on any atom is 0.228 e. The Morgan fingerprint density at radius 2 is 1.58 bits per heavy atom. The molecule has 0 spiro atoms. The zero-order valence-corrected chi connectivity index (χ0v) is 18.5. The fourth-order valence-electron chi connectivity index (χ4n) is 3.74. The van der Waals surface area contributed by atoms with E-state index in [2.05, 4.69) is 17.2 Å². The lowest BCUT2D eigenvalue weighted by Crippen LogP contribution is -2.19. The van der Waals surface area contributed by atoms with Crippen molar-refractivity contribution in [1.82, 2.24) is 19.7 Å². The summed E-state index contributed by atoms with van der Waals surface area (Å²) in [7, 11) is 3.78. The van der Waals surface area contributed by atoms with Crippen LogP contribution in [0.15, 0.2) is 84.9 Å². The number of benzene rings is 3. The summed E-state index contributed by atoms with van der Waals surface area (Å²) in [6, 6.07) is 27.7. The number of anilines is 2. The summed E-state index contributed by atoms with van der Waals surface area (Å²) in [5, 5.41) is 5.25. The molecule has 0 bridgehead atoms. The Morgan fingerprint density at radius 1 is 0.879 bits per heavy atom. The van der Waals surface area contributed by atoms with Gasteiger partial charge in [0, 0.05) is 26.2 Å². The fraction of sp³-hybridized carbons (Fsp3) is 0.115. The zero-order chi connectivity index (χ0) is 22.8. The summed E-state index contributed by atoms with van der Waals surface area (Å²) in [4.78, 5) is 11.6. The van der Waals surface area contributed by atoms with Crippen molar-refractivity contribution in [2.45, 2.75) is 6.54 Å². The second-order valence-corrected chi connectivity index (χ2v) is 7.86. The van der Waals surface area contributed by atoms with Gasteiger partial charge in [-0.15, -0.1) is 0 Å². The average Bonchev–Trinajstić information content (AvgIpc) is 3.13. The molecule has 0 amide bonds. The van der Waals surface area contributed by atoms with Crippen molar-refractivity contribution in [3.63, 3.8) is 0 Å². The first-order chi connectivity index (χ1) is 16.1. The zero-order valence-electron chi connectivity index (χ0n) is 18.5. The molecule has 0 atom stereocenters. The second-order valence-electron chi connectivity index (χ2n) is 7.86. The van der Waals surface area contributed by atoms with Crippen molar-refractivity contribution < 1.29 is 4.74 Å². The van der Waals surface area contributed by atoms with Gasteiger partial charge < -0.3 is 15.4 Å². The number of rotatable bonds is 6. The summed E-state index contributed by atoms with van der Waals surface area (Å²) in [6.45, 7) is 0.672. The standard InChI is InChI=1S/C26H24N6O/c1-31(17-18-10-5-3-6-11-18)26-28-23(22-24(27)32(2)30-25(22)29-26)19-12-9-15-21(16-19)33-20-13-7-4-8-14-20/h3-16H,17,27H2,1-2H3. The van der Waals surface area contributed by atoms with Crippen LogP contribution in [0.2, 0.25) is 0 Å². The van der Waals surface area contributed by atoms with Gasteiger partial charge >= 0.3 is 0 Å². The number of fused-ring (bicyclic) bond motifs is 1. The molecule has 2 N–H and O–H groups in total. The predicted octanol–water partition coefficient (Wildman–Crippen LogP) is 5.04. The number of nitrogens with two attached hydrogens (primary N) is 1. The third kappa shape index (κ3) is 4.21. The third-order valence-electron chi connectivity index (χ3n) is 5.42. The highest BCUT2D eigenvalue weighted by atomic mass is 16.5. The van der Waals surface area contributed by atoms with Gasteiger partial charge in [-0.1, -0.05) is 60.7 Å². The minimum atomic E-state index is 0.520. The molecule has 7 nitrogen and oxygen atoms in total. The maximum atomic E-state index is 6.36. The number of nitrogens with zero attached hydrogens (tertiary/aromatic N) is 5. The Morgan fingerprint density at radius 3 is 2.33 bits per heavy atom. The molecule has 0 saturated heterocycles. The number of aromatic nitrogens is 4. The van der Waals surface area contributed by atoms with Gasteiger partial charge in [-0.3, -0.25) is 4.68 Å². The smallest absolute Gasteiger partial charge is 0.228 e. The molecule has 164 valence electrons. The van der Waals surface area contributed by atoms with Crippen LogP contribution in [0, 0.1) is 0 Å². The van der Waals surface area contributed by atoms with Crippen molar-refractivity contribution in [2.24, 2.45) is 7.05 Å². The van der Waals surface area contributed by atoms with Crippen molar-refractivity contribution in [3.8, 4) is 22.8 Å². The van der Waals surface area contributed by atoms with E-state index in [1.165, 1.54) is 5.56 Å². The van der Waals surface area contributed by atoms with Crippen molar-refractivity contribution >= 4 is 22.8 Å². The van der Waals surface area contributed by atoms with Crippen LogP contribution in [0.5, 0.6) is 11.5 Å². The van der Waals surface area contributed by atoms with E-state index < -0.39 is 0 Å². The Hall–Kier alpha value is -4.39. The quantitative estimate of drug-likeness (QED) is 0.401. The van der Waals surface area contributed by atoms with Crippen LogP contribution in [0.4, 0.5) is 11.8 Å². The highest BCUT2D eigenvalue weighted by Crippen LogP contribution is 2.34. The van der Waals surface area contributed by atoms with Gasteiger partial charge in [-0.2, -0.15) is 10.1 Å². The predicted molar refractivity (Wildman–Crippen MR) is 131 cm³/mol. The van der Waals surface area contributed by atoms with Crippen LogP contribution in [-0.2, 0) is 13.6 Å². The molecule has 0 saturated carbocycles. The van der Waals surface area contributed by atoms with E-state index in [1.807, 2.05) is 91.8 Å². The maximum absolute atomic E-state index is 6.36. The van der Waals surface area contributed by atoms with Crippen molar-refractivity contribution in [1.29, 1.82) is 0 Å². The topological polar surface area (TPSA) is 82.1 Å². The minimum Gasteiger partial charge on any atom is -0.457 e. The van der Waals surface area contributed by atoms with Crippen molar-refractivity contribution in [3.05, 3.63) is 90.5 Å². The Bertz CT molecular complexity index is 1400. The van der Waals surface area contributed by atoms with E-state index in [4.69, 9.17) is 20.4 Å². The van der Waals surface area contributed by atoms with E-state index >= 15 is 0 Å². The molecule has 5 rings (SSSR count). The van der Waals surface area contributed by atoms with Crippen LogP contribution in [0.25, 0.3) is 22.3 Å². The lowest BCUT2D eigenvalue weighted by Gasteiger charge is -2.18. The van der Waals surface area contributed by atoms with Gasteiger partial charge in [0.25, 0.3) is 0 Å². The summed E-state index contributed by atoms with van der Waals surface area (Å²) in [6.07, 6.45) is 0. The summed E-state index contributed by atoms with van der Waals surface area (Å²) >= 11 is 0. The van der Waals surface area contributed by atoms with Crippen LogP contribution >= 0.6 is 0 Å². The molecule has 2 aromatic heterocycles. The molecule has 2 heterocycles. The summed E-state index contributed by atoms with van der Waals surface area (Å²) in [5.74, 6) is 2.58. The van der Waals surface area contributed by atoms with E-state index in [0.29, 0.717) is 29.7 Å². The monoisotopic (exact) mass is 436 g/mol. The Kier molecular flexibility index (Phi) is 5.36.